The van der Waals surface area contributed by atoms with E-state index >= 15 is 0 Å². The molecule has 2 N–H and O–H groups in total. The number of nitrogens with zero attached hydrogens (tertiary/aromatic N) is 1. The monoisotopic (exact) mass is 385 g/mol. The second-order valence-electron chi connectivity index (χ2n) is 4.75. The number of amides is 1. The van der Waals surface area contributed by atoms with E-state index in [1.54, 1.807) is 18.2 Å². The molecule has 1 amide bonds. The predicted octanol–water partition coefficient (Wildman–Crippen LogP) is 3.77. The van der Waals surface area contributed by atoms with Crippen LogP contribution in [0.4, 0.5) is 11.4 Å². The van der Waals surface area contributed by atoms with Crippen LogP contribution in [0.2, 0.25) is 4.34 Å². The van der Waals surface area contributed by atoms with Crippen molar-refractivity contribution in [2.24, 2.45) is 0 Å². The summed E-state index contributed by atoms with van der Waals surface area (Å²) in [5.74, 6) is 1.05. The molecule has 2 rings (SSSR count). The van der Waals surface area contributed by atoms with Crippen LogP contribution in [-0.4, -0.2) is 29.7 Å². The number of benzene rings is 1. The van der Waals surface area contributed by atoms with Gasteiger partial charge in [0.15, 0.2) is 0 Å². The Labute approximate surface area is 152 Å². The van der Waals surface area contributed by atoms with Crippen molar-refractivity contribution in [1.29, 1.82) is 0 Å². The van der Waals surface area contributed by atoms with Gasteiger partial charge in [0.2, 0.25) is 5.91 Å². The molecule has 6 nitrogen and oxygen atoms in total. The summed E-state index contributed by atoms with van der Waals surface area (Å²) in [7, 11) is 0. The molecule has 0 aliphatic heterocycles. The third-order valence-electron chi connectivity index (χ3n) is 2.97. The van der Waals surface area contributed by atoms with Gasteiger partial charge in [0.1, 0.15) is 5.69 Å². The molecule has 0 spiro atoms. The highest BCUT2D eigenvalue weighted by Gasteiger charge is 2.11. The number of nitrogens with one attached hydrogen (secondary N) is 2. The number of carbonyl (C=O) groups is 1. The third kappa shape index (κ3) is 6.03. The lowest BCUT2D eigenvalue weighted by Crippen LogP contribution is -2.30. The van der Waals surface area contributed by atoms with E-state index in [1.165, 1.54) is 29.2 Å². The molecule has 0 saturated carbocycles. The van der Waals surface area contributed by atoms with Crippen molar-refractivity contribution in [3.63, 3.8) is 0 Å². The molecule has 128 valence electrons. The van der Waals surface area contributed by atoms with E-state index in [-0.39, 0.29) is 11.6 Å². The quantitative estimate of drug-likeness (QED) is 0.390. The molecule has 24 heavy (non-hydrogen) atoms. The van der Waals surface area contributed by atoms with Gasteiger partial charge in [0.25, 0.3) is 5.69 Å². The van der Waals surface area contributed by atoms with Gasteiger partial charge in [0, 0.05) is 29.8 Å². The molecule has 0 aliphatic carbocycles. The maximum Gasteiger partial charge on any atom is 0.292 e. The van der Waals surface area contributed by atoms with Crippen LogP contribution in [0.25, 0.3) is 0 Å². The molecular weight excluding hydrogens is 370 g/mol. The van der Waals surface area contributed by atoms with Gasteiger partial charge >= 0.3 is 0 Å². The number of para-hydroxylation sites is 2. The summed E-state index contributed by atoms with van der Waals surface area (Å²) in [6.45, 7) is 0.818. The molecule has 0 bridgehead atoms. The summed E-state index contributed by atoms with van der Waals surface area (Å²) in [5.41, 5.74) is 0.467. The normalized spacial score (nSPS) is 10.4. The number of rotatable bonds is 9. The van der Waals surface area contributed by atoms with Crippen LogP contribution < -0.4 is 10.6 Å². The number of nitro groups is 1. The minimum atomic E-state index is -0.436. The van der Waals surface area contributed by atoms with E-state index in [2.05, 4.69) is 10.6 Å². The van der Waals surface area contributed by atoms with E-state index in [9.17, 15) is 14.9 Å². The van der Waals surface area contributed by atoms with Gasteiger partial charge in [-0.1, -0.05) is 23.7 Å². The van der Waals surface area contributed by atoms with Crippen LogP contribution in [-0.2, 0) is 10.5 Å². The highest BCUT2D eigenvalue weighted by Crippen LogP contribution is 2.25. The smallest absolute Gasteiger partial charge is 0.292 e. The zero-order valence-corrected chi connectivity index (χ0v) is 15.0. The SMILES string of the molecule is O=C(CSCc1ccc(Cl)s1)NCCNc1ccccc1[N+](=O)[O-]. The minimum absolute atomic E-state index is 0.0222. The van der Waals surface area contributed by atoms with Crippen LogP contribution in [0.3, 0.4) is 0 Å². The summed E-state index contributed by atoms with van der Waals surface area (Å²) in [6.07, 6.45) is 0. The van der Waals surface area contributed by atoms with Crippen LogP contribution in [0.1, 0.15) is 4.88 Å². The fraction of sp³-hybridized carbons (Fsp3) is 0.267. The van der Waals surface area contributed by atoms with Crippen molar-refractivity contribution < 1.29 is 9.72 Å². The van der Waals surface area contributed by atoms with E-state index < -0.39 is 4.92 Å². The van der Waals surface area contributed by atoms with Gasteiger partial charge in [-0.3, -0.25) is 14.9 Å². The average molecular weight is 386 g/mol. The number of hydrogen-bond donors (Lipinski definition) is 2. The van der Waals surface area contributed by atoms with Crippen molar-refractivity contribution in [2.45, 2.75) is 5.75 Å². The zero-order chi connectivity index (χ0) is 17.4. The summed E-state index contributed by atoms with van der Waals surface area (Å²) in [5, 5.41) is 16.6. The molecule has 2 aromatic rings. The second kappa shape index (κ2) is 9.51. The first-order valence-corrected chi connectivity index (χ1v) is 9.47. The van der Waals surface area contributed by atoms with Gasteiger partial charge < -0.3 is 10.6 Å². The zero-order valence-electron chi connectivity index (χ0n) is 12.7. The molecule has 0 atom stereocenters. The lowest BCUT2D eigenvalue weighted by atomic mass is 10.2. The van der Waals surface area contributed by atoms with Crippen LogP contribution in [0.5, 0.6) is 0 Å². The summed E-state index contributed by atoms with van der Waals surface area (Å²) in [6, 6.07) is 10.2. The Kier molecular flexibility index (Phi) is 7.36. The molecule has 0 fully saturated rings. The fourth-order valence-electron chi connectivity index (χ4n) is 1.91. The van der Waals surface area contributed by atoms with E-state index in [0.717, 1.165) is 15.0 Å². The Morgan fingerprint density at radius 3 is 2.75 bits per heavy atom. The molecular formula is C15H16ClN3O3S2. The van der Waals surface area contributed by atoms with Gasteiger partial charge in [0.05, 0.1) is 15.0 Å². The van der Waals surface area contributed by atoms with Crippen molar-refractivity contribution in [3.8, 4) is 0 Å². The molecule has 1 aromatic carbocycles. The first kappa shape index (κ1) is 18.6. The molecule has 0 aliphatic rings. The van der Waals surface area contributed by atoms with Crippen LogP contribution >= 0.6 is 34.7 Å². The largest absolute Gasteiger partial charge is 0.378 e. The first-order chi connectivity index (χ1) is 11.6. The Morgan fingerprint density at radius 1 is 1.25 bits per heavy atom. The first-order valence-electron chi connectivity index (χ1n) is 7.12. The molecule has 0 unspecified atom stereocenters. The summed E-state index contributed by atoms with van der Waals surface area (Å²) >= 11 is 8.88. The number of thioether (sulfide) groups is 1. The van der Waals surface area contributed by atoms with Gasteiger partial charge in [-0.25, -0.2) is 0 Å². The molecule has 1 aromatic heterocycles. The summed E-state index contributed by atoms with van der Waals surface area (Å²) in [4.78, 5) is 23.3. The van der Waals surface area contributed by atoms with Gasteiger partial charge in [-0.05, 0) is 18.2 Å². The van der Waals surface area contributed by atoms with Crippen molar-refractivity contribution in [2.75, 3.05) is 24.2 Å². The Hall–Kier alpha value is -1.77. The Bertz CT molecular complexity index is 709. The highest BCUT2D eigenvalue weighted by molar-refractivity contribution is 7.99. The van der Waals surface area contributed by atoms with Crippen molar-refractivity contribution >= 4 is 52.0 Å². The Morgan fingerprint density at radius 2 is 2.04 bits per heavy atom. The van der Waals surface area contributed by atoms with Gasteiger partial charge in [-0.2, -0.15) is 0 Å². The predicted molar refractivity (Wildman–Crippen MR) is 100 cm³/mol. The highest BCUT2D eigenvalue weighted by atomic mass is 35.5. The van der Waals surface area contributed by atoms with Crippen LogP contribution in [0, 0.1) is 10.1 Å². The van der Waals surface area contributed by atoms with Crippen molar-refractivity contribution in [1.82, 2.24) is 5.32 Å². The van der Waals surface area contributed by atoms with E-state index in [1.807, 2.05) is 12.1 Å². The van der Waals surface area contributed by atoms with Crippen molar-refractivity contribution in [3.05, 3.63) is 55.7 Å². The van der Waals surface area contributed by atoms with E-state index in [4.69, 9.17) is 11.6 Å². The number of anilines is 1. The number of hydrogen-bond acceptors (Lipinski definition) is 6. The lowest BCUT2D eigenvalue weighted by molar-refractivity contribution is -0.384. The number of nitro benzene ring substituents is 1. The fourth-order valence-corrected chi connectivity index (χ4v) is 3.96. The number of carbonyl (C=O) groups excluding carboxylic acids is 1. The molecule has 1 heterocycles. The van der Waals surface area contributed by atoms with Gasteiger partial charge in [-0.15, -0.1) is 23.1 Å². The summed E-state index contributed by atoms with van der Waals surface area (Å²) < 4.78 is 0.746. The lowest BCUT2D eigenvalue weighted by Gasteiger charge is -2.08. The third-order valence-corrected chi connectivity index (χ3v) is 5.37. The second-order valence-corrected chi connectivity index (χ2v) is 7.53. The topological polar surface area (TPSA) is 84.3 Å². The Balaban J connectivity index is 1.63. The number of thiophene rings is 1. The van der Waals surface area contributed by atoms with Crippen LogP contribution in [0.15, 0.2) is 36.4 Å². The molecule has 9 heteroatoms. The molecule has 0 radical (unpaired) electrons. The van der Waals surface area contributed by atoms with E-state index in [0.29, 0.717) is 24.5 Å². The average Bonchev–Trinajstić information content (AvgIpc) is 2.97. The molecule has 0 saturated heterocycles. The minimum Gasteiger partial charge on any atom is -0.378 e. The number of halogens is 1. The maximum absolute atomic E-state index is 11.7. The standard InChI is InChI=1S/C15H16ClN3O3S2/c16-14-6-5-11(24-14)9-23-10-15(20)18-8-7-17-12-3-1-2-4-13(12)19(21)22/h1-6,17H,7-10H2,(H,18,20). The maximum atomic E-state index is 11.7.